The second kappa shape index (κ2) is 15.1. The van der Waals surface area contributed by atoms with Gasteiger partial charge >= 0.3 is 0 Å². The topological polar surface area (TPSA) is 50.9 Å². The molecule has 0 fully saturated rings. The molecule has 8 aromatic rings. The van der Waals surface area contributed by atoms with Gasteiger partial charge in [-0.3, -0.25) is 9.55 Å². The van der Waals surface area contributed by atoms with E-state index in [1.165, 1.54) is 12.3 Å². The van der Waals surface area contributed by atoms with Gasteiger partial charge in [-0.15, -0.1) is 0 Å². The lowest BCUT2D eigenvalue weighted by Crippen LogP contribution is -2.17. The van der Waals surface area contributed by atoms with Crippen molar-refractivity contribution in [2.24, 2.45) is 0 Å². The largest absolute Gasteiger partial charge is 0.507 e. The van der Waals surface area contributed by atoms with Crippen LogP contribution in [-0.4, -0.2) is 19.6 Å². The summed E-state index contributed by atoms with van der Waals surface area (Å²) in [5.41, 5.74) is 8.21. The van der Waals surface area contributed by atoms with Crippen LogP contribution in [0.4, 0.5) is 0 Å². The molecule has 0 radical (unpaired) electrons. The van der Waals surface area contributed by atoms with Crippen molar-refractivity contribution in [3.05, 3.63) is 167 Å². The van der Waals surface area contributed by atoms with Gasteiger partial charge in [0, 0.05) is 36.8 Å². The van der Waals surface area contributed by atoms with Gasteiger partial charge in [0.1, 0.15) is 11.6 Å². The molecule has 0 aliphatic heterocycles. The Bertz CT molecular complexity index is 3230. The van der Waals surface area contributed by atoms with Crippen LogP contribution in [0.2, 0.25) is 0 Å². The number of phenols is 1. The van der Waals surface area contributed by atoms with Gasteiger partial charge in [0.2, 0.25) is 0 Å². The van der Waals surface area contributed by atoms with E-state index in [0.29, 0.717) is 28.2 Å². The number of aromatic hydroxyl groups is 1. The molecule has 0 unspecified atom stereocenters. The van der Waals surface area contributed by atoms with Crippen LogP contribution in [0.25, 0.3) is 72.7 Å². The molecule has 0 amide bonds. The number of fused-ring (bicyclic) bond motifs is 1. The van der Waals surface area contributed by atoms with E-state index in [1.54, 1.807) is 6.07 Å². The SMILES string of the molecule is [2H]c1c([2H])c(C([2H])([2H])[2H])c(-c2ccnc(-c3cc(-c4cccc5c4nc(-c4cc(C(C)(C)C)cc(C(C)(C)C)c4O)n5-c4ccc(-c5ccccc5)cc4)cc(C(C)(C)C)c3)c2)c(C([2H])([2H])[2H])c1[2H]. The van der Waals surface area contributed by atoms with Crippen molar-refractivity contribution in [3.8, 4) is 67.5 Å². The van der Waals surface area contributed by atoms with Crippen LogP contribution in [-0.2, 0) is 16.2 Å². The normalized spacial score (nSPS) is 14.9. The maximum Gasteiger partial charge on any atom is 0.149 e. The molecule has 0 spiro atoms. The fourth-order valence-corrected chi connectivity index (χ4v) is 7.82. The summed E-state index contributed by atoms with van der Waals surface area (Å²) < 4.78 is 78.1. The molecule has 2 aromatic heterocycles. The van der Waals surface area contributed by atoms with Crippen molar-refractivity contribution in [1.29, 1.82) is 0 Å². The average molecular weight is 797 g/mol. The lowest BCUT2D eigenvalue weighted by atomic mass is 9.79. The van der Waals surface area contributed by atoms with Gasteiger partial charge in [-0.05, 0) is 129 Å². The Morgan fingerprint density at radius 3 is 1.88 bits per heavy atom. The minimum atomic E-state index is -2.97. The van der Waals surface area contributed by atoms with E-state index in [-0.39, 0.29) is 27.7 Å². The van der Waals surface area contributed by atoms with Crippen LogP contribution >= 0.6 is 0 Å². The first kappa shape index (κ1) is 30.7. The number of benzene rings is 6. The van der Waals surface area contributed by atoms with Gasteiger partial charge in [-0.1, -0.05) is 147 Å². The number of imidazole rings is 1. The maximum absolute atomic E-state index is 12.4. The quantitative estimate of drug-likeness (QED) is 0.182. The number of nitrogens with zero attached hydrogens (tertiary/aromatic N) is 3. The van der Waals surface area contributed by atoms with Crippen molar-refractivity contribution < 1.29 is 17.4 Å². The summed E-state index contributed by atoms with van der Waals surface area (Å²) in [4.78, 5) is 10.2. The first-order valence-electron chi connectivity index (χ1n) is 24.9. The molecule has 8 rings (SSSR count). The average Bonchev–Trinajstić information content (AvgIpc) is 3.66. The summed E-state index contributed by atoms with van der Waals surface area (Å²) >= 11 is 0. The Kier molecular flexibility index (Phi) is 7.73. The number of pyridine rings is 1. The Balaban J connectivity index is 1.40. The van der Waals surface area contributed by atoms with Gasteiger partial charge < -0.3 is 5.11 Å². The van der Waals surface area contributed by atoms with E-state index in [9.17, 15) is 5.11 Å². The second-order valence-electron chi connectivity index (χ2n) is 18.8. The van der Waals surface area contributed by atoms with Crippen molar-refractivity contribution in [1.82, 2.24) is 14.5 Å². The van der Waals surface area contributed by atoms with Crippen LogP contribution in [0.3, 0.4) is 0 Å². The fraction of sp³-hybridized carbons (Fsp3) is 0.250. The molecule has 0 saturated carbocycles. The molecule has 4 nitrogen and oxygen atoms in total. The summed E-state index contributed by atoms with van der Waals surface area (Å²) in [7, 11) is 0. The first-order valence-corrected chi connectivity index (χ1v) is 20.4. The minimum absolute atomic E-state index is 0.151. The van der Waals surface area contributed by atoms with Crippen molar-refractivity contribution in [2.75, 3.05) is 0 Å². The number of phenolic OH excluding ortho intramolecular Hbond substituents is 1. The van der Waals surface area contributed by atoms with Crippen LogP contribution in [0.1, 0.15) is 102 Å². The molecule has 0 aliphatic rings. The van der Waals surface area contributed by atoms with Crippen LogP contribution in [0, 0.1) is 13.7 Å². The van der Waals surface area contributed by atoms with Crippen LogP contribution < -0.4 is 0 Å². The summed E-state index contributed by atoms with van der Waals surface area (Å²) in [6.07, 6.45) is 1.46. The van der Waals surface area contributed by atoms with Crippen molar-refractivity contribution in [3.63, 3.8) is 0 Å². The zero-order valence-corrected chi connectivity index (χ0v) is 35.8. The molecule has 302 valence electrons. The monoisotopic (exact) mass is 797 g/mol. The first-order chi connectivity index (χ1) is 32.1. The van der Waals surface area contributed by atoms with E-state index < -0.39 is 48.4 Å². The highest BCUT2D eigenvalue weighted by Crippen LogP contribution is 2.45. The molecule has 6 aromatic carbocycles. The summed E-state index contributed by atoms with van der Waals surface area (Å²) in [6.45, 7) is 13.1. The standard InChI is InChI=1S/C56H57N3O/c1-35-17-15-18-36(2)50(35)39-27-28-57-48(32-39)41-29-40(30-42(31-41)54(3,4)5)45-21-16-22-49-51(45)58-53(46-33-43(55(6,7)8)34-47(52(46)60)56(9,10)11)59(49)44-25-23-38(24-26-44)37-19-13-12-14-20-37/h12-34,60H,1-11H3/i1D3,2D3,15D,17D,18D. The van der Waals surface area contributed by atoms with Gasteiger partial charge in [0.05, 0.1) is 26.4 Å². The summed E-state index contributed by atoms with van der Waals surface area (Å²) in [5, 5.41) is 12.4. The molecular formula is C56H57N3O. The van der Waals surface area contributed by atoms with Crippen molar-refractivity contribution >= 4 is 11.0 Å². The molecule has 60 heavy (non-hydrogen) atoms. The predicted molar refractivity (Wildman–Crippen MR) is 253 cm³/mol. The summed E-state index contributed by atoms with van der Waals surface area (Å²) in [6, 6.07) is 35.7. The number of hydrogen-bond donors (Lipinski definition) is 1. The van der Waals surface area contributed by atoms with Crippen LogP contribution in [0.15, 0.2) is 140 Å². The smallest absolute Gasteiger partial charge is 0.149 e. The molecule has 0 saturated heterocycles. The van der Waals surface area contributed by atoms with Gasteiger partial charge in [0.15, 0.2) is 0 Å². The van der Waals surface area contributed by atoms with E-state index in [0.717, 1.165) is 50.1 Å². The zero-order chi connectivity index (χ0) is 50.3. The number of hydrogen-bond acceptors (Lipinski definition) is 3. The Morgan fingerprint density at radius 2 is 1.23 bits per heavy atom. The molecule has 1 N–H and O–H groups in total. The molecule has 2 heterocycles. The molecule has 0 atom stereocenters. The molecular weight excluding hydrogens is 731 g/mol. The van der Waals surface area contributed by atoms with Gasteiger partial charge in [-0.25, -0.2) is 4.98 Å². The fourth-order valence-electron chi connectivity index (χ4n) is 7.82. The highest BCUT2D eigenvalue weighted by molar-refractivity contribution is 5.97. The molecule has 0 bridgehead atoms. The Hall–Kier alpha value is -6.26. The predicted octanol–water partition coefficient (Wildman–Crippen LogP) is 15.0. The third kappa shape index (κ3) is 7.68. The lowest BCUT2D eigenvalue weighted by Gasteiger charge is -2.27. The van der Waals surface area contributed by atoms with E-state index >= 15 is 0 Å². The van der Waals surface area contributed by atoms with E-state index in [1.807, 2.05) is 48.5 Å². The van der Waals surface area contributed by atoms with Gasteiger partial charge in [-0.2, -0.15) is 0 Å². The van der Waals surface area contributed by atoms with E-state index in [2.05, 4.69) is 121 Å². The Morgan fingerprint density at radius 1 is 0.583 bits per heavy atom. The van der Waals surface area contributed by atoms with Gasteiger partial charge in [0.25, 0.3) is 0 Å². The van der Waals surface area contributed by atoms with Crippen molar-refractivity contribution in [2.45, 2.75) is 92.3 Å². The summed E-state index contributed by atoms with van der Waals surface area (Å²) in [5.74, 6) is 0.727. The number of para-hydroxylation sites is 1. The zero-order valence-electron chi connectivity index (χ0n) is 44.8. The number of aromatic nitrogens is 3. The lowest BCUT2D eigenvalue weighted by molar-refractivity contribution is 0.446. The van der Waals surface area contributed by atoms with E-state index in [4.69, 9.17) is 22.3 Å². The molecule has 0 aliphatic carbocycles. The maximum atomic E-state index is 12.4. The van der Waals surface area contributed by atoms with Crippen LogP contribution in [0.5, 0.6) is 5.75 Å². The molecule has 4 heteroatoms. The minimum Gasteiger partial charge on any atom is -0.507 e. The third-order valence-electron chi connectivity index (χ3n) is 11.3. The highest BCUT2D eigenvalue weighted by atomic mass is 16.3. The Labute approximate surface area is 369 Å². The third-order valence-corrected chi connectivity index (χ3v) is 11.3. The number of rotatable bonds is 6. The highest BCUT2D eigenvalue weighted by Gasteiger charge is 2.29. The second-order valence-corrected chi connectivity index (χ2v) is 18.8.